The van der Waals surface area contributed by atoms with Crippen LogP contribution in [-0.2, 0) is 19.4 Å². The van der Waals surface area contributed by atoms with E-state index in [1.165, 1.54) is 29.4 Å². The van der Waals surface area contributed by atoms with E-state index in [1.807, 2.05) is 37.3 Å². The van der Waals surface area contributed by atoms with Gasteiger partial charge in [0.25, 0.3) is 0 Å². The third-order valence-corrected chi connectivity index (χ3v) is 8.54. The second kappa shape index (κ2) is 9.09. The molecule has 0 saturated carbocycles. The fourth-order valence-electron chi connectivity index (χ4n) is 4.05. The van der Waals surface area contributed by atoms with Crippen molar-refractivity contribution in [2.24, 2.45) is 5.41 Å². The summed E-state index contributed by atoms with van der Waals surface area (Å²) in [4.78, 5) is 15.6. The highest BCUT2D eigenvalue weighted by molar-refractivity contribution is 7.93. The molecular formula is C24H29NO4S2. The number of hydrogen-bond acceptors (Lipinski definition) is 6. The van der Waals surface area contributed by atoms with Gasteiger partial charge in [0.05, 0.1) is 16.0 Å². The van der Waals surface area contributed by atoms with Crippen molar-refractivity contribution in [2.75, 3.05) is 5.75 Å². The van der Waals surface area contributed by atoms with E-state index in [0.29, 0.717) is 5.52 Å². The minimum atomic E-state index is -3.48. The molecule has 5 nitrogen and oxygen atoms in total. The molecule has 1 aliphatic carbocycles. The number of benzene rings is 1. The van der Waals surface area contributed by atoms with Gasteiger partial charge in [-0.25, -0.2) is 13.4 Å². The maximum atomic E-state index is 12.7. The van der Waals surface area contributed by atoms with E-state index in [2.05, 4.69) is 31.8 Å². The molecule has 1 heterocycles. The predicted octanol–water partition coefficient (Wildman–Crippen LogP) is 5.64. The Bertz CT molecular complexity index is 1150. The molecule has 3 rings (SSSR count). The monoisotopic (exact) mass is 459 g/mol. The molecule has 1 unspecified atom stereocenters. The van der Waals surface area contributed by atoms with Gasteiger partial charge >= 0.3 is 5.97 Å². The molecule has 1 aromatic carbocycles. The predicted molar refractivity (Wildman–Crippen MR) is 126 cm³/mol. The SMILES string of the molecule is CC(=O)OC1CC(C)=C(C=CC(C)=CCS(=O)(=O)c2nc3ccccc3s2)C(C)(C)C1. The highest BCUT2D eigenvalue weighted by atomic mass is 32.2. The summed E-state index contributed by atoms with van der Waals surface area (Å²) in [5, 5.41) is 0. The summed E-state index contributed by atoms with van der Waals surface area (Å²) in [6.45, 7) is 9.69. The fourth-order valence-corrected chi connectivity index (χ4v) is 6.59. The first-order valence-electron chi connectivity index (χ1n) is 10.3. The lowest BCUT2D eigenvalue weighted by molar-refractivity contribution is -0.147. The van der Waals surface area contributed by atoms with Crippen LogP contribution >= 0.6 is 11.3 Å². The fraction of sp³-hybridized carbons (Fsp3) is 0.417. The van der Waals surface area contributed by atoms with Crippen molar-refractivity contribution in [1.29, 1.82) is 0 Å². The van der Waals surface area contributed by atoms with Crippen molar-refractivity contribution < 1.29 is 17.9 Å². The summed E-state index contributed by atoms with van der Waals surface area (Å²) in [6, 6.07) is 7.43. The Balaban J connectivity index is 1.74. The van der Waals surface area contributed by atoms with Gasteiger partial charge in [-0.05, 0) is 43.4 Å². The molecule has 0 bridgehead atoms. The molecule has 0 N–H and O–H groups in total. The summed E-state index contributed by atoms with van der Waals surface area (Å²) >= 11 is 1.21. The topological polar surface area (TPSA) is 73.3 Å². The van der Waals surface area contributed by atoms with Gasteiger partial charge in [0.15, 0.2) is 0 Å². The van der Waals surface area contributed by atoms with Gasteiger partial charge in [-0.3, -0.25) is 4.79 Å². The number of carbonyl (C=O) groups excluding carboxylic acids is 1. The molecule has 0 saturated heterocycles. The highest BCUT2D eigenvalue weighted by Gasteiger charge is 2.33. The maximum absolute atomic E-state index is 12.7. The normalized spacial score (nSPS) is 19.9. The van der Waals surface area contributed by atoms with Crippen LogP contribution < -0.4 is 0 Å². The lowest BCUT2D eigenvalue weighted by Crippen LogP contribution is -2.31. The summed E-state index contributed by atoms with van der Waals surface area (Å²) in [5.74, 6) is -0.334. The Kier molecular flexibility index (Phi) is 6.86. The number of esters is 1. The van der Waals surface area contributed by atoms with E-state index < -0.39 is 9.84 Å². The van der Waals surface area contributed by atoms with Crippen LogP contribution in [0, 0.1) is 5.41 Å². The van der Waals surface area contributed by atoms with Crippen molar-refractivity contribution in [3.8, 4) is 0 Å². The van der Waals surface area contributed by atoms with Crippen molar-refractivity contribution >= 4 is 37.4 Å². The number of carbonyl (C=O) groups is 1. The second-order valence-electron chi connectivity index (χ2n) is 8.73. The van der Waals surface area contributed by atoms with Gasteiger partial charge in [-0.2, -0.15) is 0 Å². The average molecular weight is 460 g/mol. The van der Waals surface area contributed by atoms with Crippen LogP contribution in [0.25, 0.3) is 10.2 Å². The molecule has 0 amide bonds. The van der Waals surface area contributed by atoms with Gasteiger partial charge in [0, 0.05) is 13.3 Å². The number of sulfone groups is 1. The number of hydrogen-bond donors (Lipinski definition) is 0. The molecule has 1 atom stereocenters. The van der Waals surface area contributed by atoms with Crippen molar-refractivity contribution in [3.63, 3.8) is 0 Å². The number of allylic oxidation sites excluding steroid dienone is 4. The molecule has 1 aromatic heterocycles. The quantitative estimate of drug-likeness (QED) is 0.413. The Morgan fingerprint density at radius 3 is 2.65 bits per heavy atom. The Morgan fingerprint density at radius 2 is 2.00 bits per heavy atom. The van der Waals surface area contributed by atoms with Crippen LogP contribution in [0.3, 0.4) is 0 Å². The zero-order chi connectivity index (χ0) is 22.8. The Morgan fingerprint density at radius 1 is 1.29 bits per heavy atom. The number of aromatic nitrogens is 1. The third-order valence-electron chi connectivity index (χ3n) is 5.47. The molecule has 31 heavy (non-hydrogen) atoms. The van der Waals surface area contributed by atoms with Crippen molar-refractivity contribution in [1.82, 2.24) is 4.98 Å². The molecule has 7 heteroatoms. The van der Waals surface area contributed by atoms with Gasteiger partial charge in [0.2, 0.25) is 14.2 Å². The Hall–Kier alpha value is -2.25. The van der Waals surface area contributed by atoms with E-state index >= 15 is 0 Å². The van der Waals surface area contributed by atoms with Gasteiger partial charge in [0.1, 0.15) is 6.10 Å². The van der Waals surface area contributed by atoms with Gasteiger partial charge in [-0.15, -0.1) is 11.3 Å². The average Bonchev–Trinajstić information content (AvgIpc) is 3.10. The van der Waals surface area contributed by atoms with E-state index in [-0.39, 0.29) is 27.6 Å². The maximum Gasteiger partial charge on any atom is 0.302 e. The first-order valence-corrected chi connectivity index (χ1v) is 12.8. The molecule has 0 radical (unpaired) electrons. The first kappa shape index (κ1) is 23.4. The van der Waals surface area contributed by atoms with Gasteiger partial charge < -0.3 is 4.74 Å². The van der Waals surface area contributed by atoms with E-state index in [9.17, 15) is 13.2 Å². The number of nitrogens with zero attached hydrogens (tertiary/aromatic N) is 1. The number of thiazole rings is 1. The van der Waals surface area contributed by atoms with Crippen LogP contribution in [0.1, 0.15) is 47.5 Å². The summed E-state index contributed by atoms with van der Waals surface area (Å²) in [6.07, 6.45) is 7.14. The number of rotatable bonds is 6. The number of fused-ring (bicyclic) bond motifs is 1. The summed E-state index contributed by atoms with van der Waals surface area (Å²) < 4.78 is 31.9. The van der Waals surface area contributed by atoms with E-state index in [1.54, 1.807) is 6.08 Å². The smallest absolute Gasteiger partial charge is 0.302 e. The molecule has 166 valence electrons. The zero-order valence-corrected chi connectivity index (χ0v) is 20.3. The number of ether oxygens (including phenoxy) is 1. The minimum absolute atomic E-state index is 0.0844. The molecular weight excluding hydrogens is 430 g/mol. The van der Waals surface area contributed by atoms with Crippen LogP contribution in [0.5, 0.6) is 0 Å². The summed E-state index contributed by atoms with van der Waals surface area (Å²) in [7, 11) is -3.48. The lowest BCUT2D eigenvalue weighted by Gasteiger charge is -2.37. The van der Waals surface area contributed by atoms with Crippen molar-refractivity contribution in [3.05, 3.63) is 59.2 Å². The molecule has 0 spiro atoms. The van der Waals surface area contributed by atoms with Crippen LogP contribution in [0.15, 0.2) is 63.6 Å². The largest absolute Gasteiger partial charge is 0.462 e. The lowest BCUT2D eigenvalue weighted by atomic mass is 9.71. The van der Waals surface area contributed by atoms with Crippen molar-refractivity contribution in [2.45, 2.75) is 57.9 Å². The van der Waals surface area contributed by atoms with Crippen LogP contribution in [0.4, 0.5) is 0 Å². The second-order valence-corrected chi connectivity index (χ2v) is 12.0. The third kappa shape index (κ3) is 5.71. The highest BCUT2D eigenvalue weighted by Crippen LogP contribution is 2.42. The number of para-hydroxylation sites is 1. The molecule has 0 fully saturated rings. The summed E-state index contributed by atoms with van der Waals surface area (Å²) in [5.41, 5.74) is 3.85. The first-order chi connectivity index (χ1) is 14.5. The minimum Gasteiger partial charge on any atom is -0.462 e. The van der Waals surface area contributed by atoms with E-state index in [0.717, 1.165) is 23.1 Å². The standard InChI is InChI=1S/C24H29NO4S2/c1-16(10-11-20-17(2)14-19(29-18(3)26)15-24(20,4)5)12-13-31(27,28)23-25-21-8-6-7-9-22(21)30-23/h6-12,19H,13-15H2,1-5H3. The Labute approximate surface area is 188 Å². The van der Waals surface area contributed by atoms with Gasteiger partial charge in [-0.1, -0.05) is 55.4 Å². The molecule has 2 aromatic rings. The van der Waals surface area contributed by atoms with E-state index in [4.69, 9.17) is 4.74 Å². The molecule has 0 aliphatic heterocycles. The zero-order valence-electron chi connectivity index (χ0n) is 18.6. The van der Waals surface area contributed by atoms with Crippen LogP contribution in [0.2, 0.25) is 0 Å². The van der Waals surface area contributed by atoms with Crippen LogP contribution in [-0.4, -0.2) is 31.2 Å². The molecule has 1 aliphatic rings.